The van der Waals surface area contributed by atoms with Gasteiger partial charge in [0.15, 0.2) is 6.29 Å². The van der Waals surface area contributed by atoms with Crippen LogP contribution in [0.3, 0.4) is 0 Å². The largest absolute Gasteiger partial charge is 0.395 e. The lowest BCUT2D eigenvalue weighted by Gasteiger charge is -2.35. The molecule has 0 bridgehead atoms. The van der Waals surface area contributed by atoms with Crippen LogP contribution in [0.2, 0.25) is 0 Å². The van der Waals surface area contributed by atoms with Crippen molar-refractivity contribution in [2.75, 3.05) is 30.5 Å². The van der Waals surface area contributed by atoms with Gasteiger partial charge >= 0.3 is 0 Å². The van der Waals surface area contributed by atoms with Crippen molar-refractivity contribution in [3.05, 3.63) is 41.3 Å². The Hall–Kier alpha value is -1.95. The highest BCUT2D eigenvalue weighted by molar-refractivity contribution is 8.00. The molecule has 1 aromatic heterocycles. The number of aliphatic hydroxyl groups excluding tert-OH is 1. The van der Waals surface area contributed by atoms with Gasteiger partial charge in [0, 0.05) is 42.7 Å². The number of amides is 2. The Morgan fingerprint density at radius 1 is 1.22 bits per heavy atom. The zero-order valence-electron chi connectivity index (χ0n) is 20.7. The van der Waals surface area contributed by atoms with Gasteiger partial charge in [-0.1, -0.05) is 18.6 Å². The SMILES string of the molecule is CC(=O)N(NCCO)c1cccc(-c2ccc([C@@]3(CC(=O)NOC4CCCCO4)CCCCS3)s2)c1. The van der Waals surface area contributed by atoms with Gasteiger partial charge in [0.05, 0.1) is 17.0 Å². The van der Waals surface area contributed by atoms with Gasteiger partial charge in [0.1, 0.15) is 0 Å². The van der Waals surface area contributed by atoms with Gasteiger partial charge in [-0.05, 0) is 61.3 Å². The Balaban J connectivity index is 1.50. The normalized spacial score (nSPS) is 22.2. The molecule has 0 spiro atoms. The Morgan fingerprint density at radius 2 is 2.11 bits per heavy atom. The van der Waals surface area contributed by atoms with Gasteiger partial charge in [-0.3, -0.25) is 9.59 Å². The molecule has 3 N–H and O–H groups in total. The molecule has 2 aromatic rings. The third-order valence-electron chi connectivity index (χ3n) is 6.38. The van der Waals surface area contributed by atoms with E-state index in [9.17, 15) is 9.59 Å². The molecule has 36 heavy (non-hydrogen) atoms. The van der Waals surface area contributed by atoms with Crippen LogP contribution < -0.4 is 15.9 Å². The number of nitrogens with zero attached hydrogens (tertiary/aromatic N) is 1. The van der Waals surface area contributed by atoms with Crippen LogP contribution in [0.4, 0.5) is 5.69 Å². The van der Waals surface area contributed by atoms with E-state index in [1.54, 1.807) is 11.3 Å². The molecule has 2 amide bonds. The van der Waals surface area contributed by atoms with Crippen molar-refractivity contribution in [1.29, 1.82) is 0 Å². The minimum Gasteiger partial charge on any atom is -0.395 e. The highest BCUT2D eigenvalue weighted by Gasteiger charge is 2.38. The molecule has 196 valence electrons. The van der Waals surface area contributed by atoms with E-state index in [4.69, 9.17) is 14.7 Å². The van der Waals surface area contributed by atoms with Crippen molar-refractivity contribution in [3.8, 4) is 10.4 Å². The molecule has 2 fully saturated rings. The summed E-state index contributed by atoms with van der Waals surface area (Å²) in [6, 6.07) is 12.0. The average molecular weight is 534 g/mol. The fraction of sp³-hybridized carbons (Fsp3) is 0.538. The second-order valence-corrected chi connectivity index (χ2v) is 11.7. The van der Waals surface area contributed by atoms with E-state index >= 15 is 0 Å². The third-order valence-corrected chi connectivity index (χ3v) is 9.46. The first kappa shape index (κ1) is 27.1. The topological polar surface area (TPSA) is 100 Å². The molecule has 0 radical (unpaired) electrons. The molecular formula is C26H35N3O5S2. The number of hydrogen-bond acceptors (Lipinski definition) is 8. The highest BCUT2D eigenvalue weighted by Crippen LogP contribution is 2.51. The highest BCUT2D eigenvalue weighted by atomic mass is 32.2. The van der Waals surface area contributed by atoms with Crippen LogP contribution >= 0.6 is 23.1 Å². The number of carbonyl (C=O) groups is 2. The van der Waals surface area contributed by atoms with E-state index in [-0.39, 0.29) is 36.0 Å². The molecule has 3 heterocycles. The van der Waals surface area contributed by atoms with Gasteiger partial charge < -0.3 is 9.84 Å². The second-order valence-electron chi connectivity index (χ2n) is 9.12. The van der Waals surface area contributed by atoms with Gasteiger partial charge in [0.25, 0.3) is 0 Å². The first-order valence-electron chi connectivity index (χ1n) is 12.6. The van der Waals surface area contributed by atoms with E-state index in [2.05, 4.69) is 23.0 Å². The van der Waals surface area contributed by atoms with E-state index in [1.165, 1.54) is 16.8 Å². The number of rotatable bonds is 10. The summed E-state index contributed by atoms with van der Waals surface area (Å²) in [6.07, 6.45) is 6.04. The third kappa shape index (κ3) is 6.87. The van der Waals surface area contributed by atoms with Crippen molar-refractivity contribution in [2.45, 2.75) is 62.9 Å². The summed E-state index contributed by atoms with van der Waals surface area (Å²) in [5, 5.41) is 10.6. The molecule has 0 aliphatic carbocycles. The van der Waals surface area contributed by atoms with E-state index in [0.717, 1.165) is 54.7 Å². The van der Waals surface area contributed by atoms with E-state index < -0.39 is 0 Å². The number of ether oxygens (including phenoxy) is 1. The molecule has 10 heteroatoms. The molecule has 2 aliphatic heterocycles. The summed E-state index contributed by atoms with van der Waals surface area (Å²) < 4.78 is 5.28. The van der Waals surface area contributed by atoms with Crippen molar-refractivity contribution in [2.24, 2.45) is 0 Å². The lowest BCUT2D eigenvalue weighted by molar-refractivity contribution is -0.200. The van der Waals surface area contributed by atoms with Crippen molar-refractivity contribution >= 4 is 40.6 Å². The first-order chi connectivity index (χ1) is 17.5. The van der Waals surface area contributed by atoms with Gasteiger partial charge in [-0.15, -0.1) is 23.1 Å². The molecule has 2 atom stereocenters. The van der Waals surface area contributed by atoms with E-state index in [0.29, 0.717) is 18.7 Å². The maximum Gasteiger partial charge on any atom is 0.245 e. The first-order valence-corrected chi connectivity index (χ1v) is 14.4. The standard InChI is InChI=1S/C26H35N3O5S2/c1-19(31)29(27-13-14-30)21-8-6-7-20(17-21)22-10-11-23(36-22)26(12-3-5-16-35-26)18-24(32)28-34-25-9-2-4-15-33-25/h6-8,10-11,17,25,27,30H,2-5,9,12-16,18H2,1H3,(H,28,32)/t25?,26-/m0/s1. The predicted molar refractivity (Wildman–Crippen MR) is 143 cm³/mol. The molecule has 0 saturated carbocycles. The van der Waals surface area contributed by atoms with Gasteiger partial charge in [0.2, 0.25) is 11.8 Å². The summed E-state index contributed by atoms with van der Waals surface area (Å²) in [5.74, 6) is 0.742. The average Bonchev–Trinajstić information content (AvgIpc) is 3.40. The van der Waals surface area contributed by atoms with Crippen LogP contribution in [0.15, 0.2) is 36.4 Å². The lowest BCUT2D eigenvalue weighted by atomic mass is 9.94. The quantitative estimate of drug-likeness (QED) is 0.391. The molecule has 2 saturated heterocycles. The summed E-state index contributed by atoms with van der Waals surface area (Å²) in [6.45, 7) is 2.37. The number of aliphatic hydroxyl groups is 1. The molecule has 1 unspecified atom stereocenters. The second kappa shape index (κ2) is 13.0. The zero-order valence-corrected chi connectivity index (χ0v) is 22.3. The molecule has 2 aliphatic rings. The van der Waals surface area contributed by atoms with Crippen LogP contribution in [0.5, 0.6) is 0 Å². The number of hydrazine groups is 1. The van der Waals surface area contributed by atoms with Crippen molar-refractivity contribution in [3.63, 3.8) is 0 Å². The van der Waals surface area contributed by atoms with Crippen LogP contribution in [0, 0.1) is 0 Å². The summed E-state index contributed by atoms with van der Waals surface area (Å²) in [7, 11) is 0. The number of thiophene rings is 1. The van der Waals surface area contributed by atoms with Crippen LogP contribution in [-0.2, 0) is 23.9 Å². The van der Waals surface area contributed by atoms with Crippen molar-refractivity contribution < 1.29 is 24.3 Å². The van der Waals surface area contributed by atoms with Gasteiger partial charge in [-0.25, -0.2) is 20.8 Å². The van der Waals surface area contributed by atoms with Crippen molar-refractivity contribution in [1.82, 2.24) is 10.9 Å². The minimum absolute atomic E-state index is 0.0657. The summed E-state index contributed by atoms with van der Waals surface area (Å²) >= 11 is 3.56. The minimum atomic E-state index is -0.361. The van der Waals surface area contributed by atoms with E-state index in [1.807, 2.05) is 36.0 Å². The number of thioether (sulfide) groups is 1. The Labute approximate surface area is 220 Å². The van der Waals surface area contributed by atoms with Gasteiger partial charge in [-0.2, -0.15) is 0 Å². The van der Waals surface area contributed by atoms with Crippen LogP contribution in [0.1, 0.15) is 56.7 Å². The summed E-state index contributed by atoms with van der Waals surface area (Å²) in [4.78, 5) is 32.9. The van der Waals surface area contributed by atoms with Crippen LogP contribution in [0.25, 0.3) is 10.4 Å². The molecular weight excluding hydrogens is 498 g/mol. The fourth-order valence-electron chi connectivity index (χ4n) is 4.59. The zero-order chi connectivity index (χ0) is 25.4. The number of nitrogens with one attached hydrogen (secondary N) is 2. The molecule has 4 rings (SSSR count). The number of hydrogen-bond donors (Lipinski definition) is 3. The smallest absolute Gasteiger partial charge is 0.245 e. The number of anilines is 1. The fourth-order valence-corrected chi connectivity index (χ4v) is 7.47. The Kier molecular flexibility index (Phi) is 9.80. The summed E-state index contributed by atoms with van der Waals surface area (Å²) in [5.41, 5.74) is 7.31. The Morgan fingerprint density at radius 3 is 2.83 bits per heavy atom. The lowest BCUT2D eigenvalue weighted by Crippen LogP contribution is -2.43. The maximum absolute atomic E-state index is 12.9. The monoisotopic (exact) mass is 533 g/mol. The Bertz CT molecular complexity index is 1020. The number of hydroxylamine groups is 1. The number of carbonyl (C=O) groups excluding carboxylic acids is 2. The predicted octanol–water partition coefficient (Wildman–Crippen LogP) is 4.34. The van der Waals surface area contributed by atoms with Crippen LogP contribution in [-0.4, -0.2) is 48.7 Å². The molecule has 1 aromatic carbocycles. The number of benzene rings is 1. The maximum atomic E-state index is 12.9. The molecule has 8 nitrogen and oxygen atoms in total.